The molecule has 0 atom stereocenters. The lowest BCUT2D eigenvalue weighted by molar-refractivity contribution is -0.132. The van der Waals surface area contributed by atoms with Gasteiger partial charge < -0.3 is 5.11 Å². The van der Waals surface area contributed by atoms with Crippen molar-refractivity contribution in [3.63, 3.8) is 0 Å². The van der Waals surface area contributed by atoms with Crippen LogP contribution in [0.5, 0.6) is 0 Å². The lowest BCUT2D eigenvalue weighted by atomic mass is 10.0. The van der Waals surface area contributed by atoms with E-state index in [1.165, 1.54) is 38.5 Å². The summed E-state index contributed by atoms with van der Waals surface area (Å²) in [5.41, 5.74) is 0.458. The summed E-state index contributed by atoms with van der Waals surface area (Å²) in [6, 6.07) is 0. The molecule has 0 aliphatic rings. The average molecular weight is 272 g/mol. The molecular formula is C16H29FO2. The van der Waals surface area contributed by atoms with Crippen LogP contribution in [0.4, 0.5) is 4.39 Å². The van der Waals surface area contributed by atoms with Gasteiger partial charge in [-0.1, -0.05) is 51.5 Å². The normalized spacial score (nSPS) is 11.8. The van der Waals surface area contributed by atoms with Crippen molar-refractivity contribution in [3.05, 3.63) is 11.6 Å². The number of halogens is 1. The fourth-order valence-electron chi connectivity index (χ4n) is 2.08. The predicted molar refractivity (Wildman–Crippen MR) is 78.2 cm³/mol. The molecule has 0 aromatic heterocycles. The zero-order valence-corrected chi connectivity index (χ0v) is 12.3. The van der Waals surface area contributed by atoms with Crippen molar-refractivity contribution in [2.24, 2.45) is 0 Å². The third-order valence-electron chi connectivity index (χ3n) is 3.30. The van der Waals surface area contributed by atoms with E-state index in [-0.39, 0.29) is 6.67 Å². The minimum atomic E-state index is -0.846. The third-order valence-corrected chi connectivity index (χ3v) is 3.30. The molecule has 0 rings (SSSR count). The molecule has 0 aromatic carbocycles. The lowest BCUT2D eigenvalue weighted by Crippen LogP contribution is -2.01. The molecule has 0 heterocycles. The first-order valence-corrected chi connectivity index (χ1v) is 7.70. The topological polar surface area (TPSA) is 37.3 Å². The van der Waals surface area contributed by atoms with Gasteiger partial charge in [-0.3, -0.25) is 4.39 Å². The van der Waals surface area contributed by atoms with Gasteiger partial charge in [0.05, 0.1) is 6.67 Å². The van der Waals surface area contributed by atoms with E-state index < -0.39 is 5.97 Å². The molecule has 0 fully saturated rings. The van der Waals surface area contributed by atoms with E-state index in [1.54, 1.807) is 0 Å². The number of carboxylic acids is 1. The van der Waals surface area contributed by atoms with E-state index >= 15 is 0 Å². The van der Waals surface area contributed by atoms with Gasteiger partial charge in [0, 0.05) is 5.57 Å². The van der Waals surface area contributed by atoms with Crippen molar-refractivity contribution in [3.8, 4) is 0 Å². The van der Waals surface area contributed by atoms with Crippen LogP contribution in [0, 0.1) is 0 Å². The monoisotopic (exact) mass is 272 g/mol. The fraction of sp³-hybridized carbons (Fsp3) is 0.812. The zero-order chi connectivity index (χ0) is 14.3. The molecule has 2 nitrogen and oxygen atoms in total. The maximum atomic E-state index is 12.0. The van der Waals surface area contributed by atoms with Gasteiger partial charge in [-0.05, 0) is 32.1 Å². The summed E-state index contributed by atoms with van der Waals surface area (Å²) in [7, 11) is 0. The van der Waals surface area contributed by atoms with Crippen LogP contribution in [0.1, 0.15) is 77.6 Å². The highest BCUT2D eigenvalue weighted by Gasteiger charge is 2.05. The summed E-state index contributed by atoms with van der Waals surface area (Å²) < 4.78 is 12.0. The van der Waals surface area contributed by atoms with Crippen LogP contribution in [0.3, 0.4) is 0 Å². The number of aliphatic carboxylic acids is 1. The summed E-state index contributed by atoms with van der Waals surface area (Å²) in [5.74, 6) is -0.846. The highest BCUT2D eigenvalue weighted by Crippen LogP contribution is 2.13. The molecule has 1 N–H and O–H groups in total. The largest absolute Gasteiger partial charge is 0.478 e. The van der Waals surface area contributed by atoms with E-state index in [2.05, 4.69) is 6.92 Å². The number of carboxylic acid groups (broad SMARTS) is 1. The Bertz CT molecular complexity index is 249. The van der Waals surface area contributed by atoms with Crippen LogP contribution >= 0.6 is 0 Å². The van der Waals surface area contributed by atoms with Crippen LogP contribution in [-0.2, 0) is 4.79 Å². The highest BCUT2D eigenvalue weighted by molar-refractivity contribution is 5.86. The Hall–Kier alpha value is -0.860. The number of hydrogen-bond donors (Lipinski definition) is 1. The summed E-state index contributed by atoms with van der Waals surface area (Å²) in [4.78, 5) is 11.0. The summed E-state index contributed by atoms with van der Waals surface area (Å²) in [5, 5.41) is 9.01. The van der Waals surface area contributed by atoms with Crippen molar-refractivity contribution in [1.29, 1.82) is 0 Å². The number of rotatable bonds is 13. The molecule has 3 heteroatoms. The molecule has 0 saturated heterocycles. The van der Waals surface area contributed by atoms with Gasteiger partial charge in [-0.2, -0.15) is 0 Å². The van der Waals surface area contributed by atoms with E-state index in [0.717, 1.165) is 12.8 Å². The number of carbonyl (C=O) groups is 1. The molecule has 0 spiro atoms. The van der Waals surface area contributed by atoms with E-state index in [4.69, 9.17) is 5.11 Å². The Morgan fingerprint density at radius 3 is 2.21 bits per heavy atom. The summed E-state index contributed by atoms with van der Waals surface area (Å²) in [6.07, 6.45) is 12.9. The van der Waals surface area contributed by atoms with Crippen molar-refractivity contribution >= 4 is 5.97 Å². The highest BCUT2D eigenvalue weighted by atomic mass is 19.1. The van der Waals surface area contributed by atoms with Crippen LogP contribution in [0.25, 0.3) is 0 Å². The van der Waals surface area contributed by atoms with Gasteiger partial charge >= 0.3 is 5.97 Å². The first kappa shape index (κ1) is 18.1. The average Bonchev–Trinajstić information content (AvgIpc) is 2.39. The molecule has 19 heavy (non-hydrogen) atoms. The molecule has 0 unspecified atom stereocenters. The molecule has 0 saturated carbocycles. The van der Waals surface area contributed by atoms with Crippen LogP contribution in [0.15, 0.2) is 11.6 Å². The van der Waals surface area contributed by atoms with E-state index in [0.29, 0.717) is 24.8 Å². The molecule has 0 aliphatic carbocycles. The standard InChI is InChI=1S/C16H29FO2/c1-2-3-4-5-6-7-8-9-12-15(16(18)19)13-10-11-14-17/h12H,2-11,13-14H2,1H3,(H,18,19). The van der Waals surface area contributed by atoms with Gasteiger partial charge in [0.15, 0.2) is 0 Å². The second kappa shape index (κ2) is 13.6. The van der Waals surface area contributed by atoms with Crippen molar-refractivity contribution in [2.75, 3.05) is 6.67 Å². The minimum absolute atomic E-state index is 0.356. The second-order valence-corrected chi connectivity index (χ2v) is 5.09. The van der Waals surface area contributed by atoms with Gasteiger partial charge in [-0.15, -0.1) is 0 Å². The molecule has 0 amide bonds. The van der Waals surface area contributed by atoms with Crippen LogP contribution in [0.2, 0.25) is 0 Å². The lowest BCUT2D eigenvalue weighted by Gasteiger charge is -2.02. The Morgan fingerprint density at radius 2 is 1.63 bits per heavy atom. The molecule has 0 aliphatic heterocycles. The maximum Gasteiger partial charge on any atom is 0.331 e. The first-order valence-electron chi connectivity index (χ1n) is 7.70. The quantitative estimate of drug-likeness (QED) is 0.366. The Kier molecular flexibility index (Phi) is 13.0. The van der Waals surface area contributed by atoms with Crippen LogP contribution in [-0.4, -0.2) is 17.8 Å². The molecule has 0 bridgehead atoms. The molecule has 0 radical (unpaired) electrons. The van der Waals surface area contributed by atoms with Crippen LogP contribution < -0.4 is 0 Å². The van der Waals surface area contributed by atoms with Gasteiger partial charge in [0.25, 0.3) is 0 Å². The summed E-state index contributed by atoms with van der Waals surface area (Å²) in [6.45, 7) is 1.85. The zero-order valence-electron chi connectivity index (χ0n) is 12.3. The fourth-order valence-corrected chi connectivity index (χ4v) is 2.08. The number of alkyl halides is 1. The minimum Gasteiger partial charge on any atom is -0.478 e. The Balaban J connectivity index is 3.64. The Morgan fingerprint density at radius 1 is 1.00 bits per heavy atom. The van der Waals surface area contributed by atoms with Gasteiger partial charge in [0.1, 0.15) is 0 Å². The van der Waals surface area contributed by atoms with Crippen molar-refractivity contribution < 1.29 is 14.3 Å². The van der Waals surface area contributed by atoms with Gasteiger partial charge in [-0.25, -0.2) is 4.79 Å². The van der Waals surface area contributed by atoms with E-state index in [1.807, 2.05) is 6.08 Å². The SMILES string of the molecule is CCCCCCCCCC=C(CCCCF)C(=O)O. The number of allylic oxidation sites excluding steroid dienone is 1. The summed E-state index contributed by atoms with van der Waals surface area (Å²) >= 11 is 0. The Labute approximate surface area is 117 Å². The van der Waals surface area contributed by atoms with Crippen molar-refractivity contribution in [2.45, 2.75) is 77.6 Å². The smallest absolute Gasteiger partial charge is 0.331 e. The van der Waals surface area contributed by atoms with Crippen molar-refractivity contribution in [1.82, 2.24) is 0 Å². The molecule has 112 valence electrons. The predicted octanol–water partition coefficient (Wildman–Crippen LogP) is 5.28. The molecule has 0 aromatic rings. The van der Waals surface area contributed by atoms with Gasteiger partial charge in [0.2, 0.25) is 0 Å². The molecular weight excluding hydrogens is 243 g/mol. The third kappa shape index (κ3) is 11.9. The maximum absolute atomic E-state index is 12.0. The first-order chi connectivity index (χ1) is 9.22. The van der Waals surface area contributed by atoms with E-state index in [9.17, 15) is 9.18 Å². The number of unbranched alkanes of at least 4 members (excludes halogenated alkanes) is 8. The number of hydrogen-bond acceptors (Lipinski definition) is 1. The second-order valence-electron chi connectivity index (χ2n) is 5.09.